The average Bonchev–Trinajstić information content (AvgIpc) is 2.28. The predicted molar refractivity (Wildman–Crippen MR) is 55.9 cm³/mol. The molecular formula is C10H11NO5. The van der Waals surface area contributed by atoms with Gasteiger partial charge in [-0.3, -0.25) is 14.9 Å². The maximum absolute atomic E-state index is 11.4. The summed E-state index contributed by atoms with van der Waals surface area (Å²) in [5, 5.41) is 10.7. The molecule has 6 nitrogen and oxygen atoms in total. The van der Waals surface area contributed by atoms with Gasteiger partial charge in [-0.25, -0.2) is 0 Å². The lowest BCUT2D eigenvalue weighted by Gasteiger charge is -2.03. The minimum absolute atomic E-state index is 0.108. The lowest BCUT2D eigenvalue weighted by atomic mass is 10.1. The Balaban J connectivity index is 3.11. The van der Waals surface area contributed by atoms with Crippen LogP contribution in [0.15, 0.2) is 18.2 Å². The van der Waals surface area contributed by atoms with E-state index in [1.807, 2.05) is 0 Å². The number of hydrogen-bond donors (Lipinski definition) is 0. The van der Waals surface area contributed by atoms with E-state index < -0.39 is 4.92 Å². The topological polar surface area (TPSA) is 78.7 Å². The van der Waals surface area contributed by atoms with Crippen LogP contribution >= 0.6 is 0 Å². The number of ether oxygens (including phenoxy) is 2. The van der Waals surface area contributed by atoms with Gasteiger partial charge in [-0.1, -0.05) is 0 Å². The van der Waals surface area contributed by atoms with E-state index in [9.17, 15) is 14.9 Å². The first-order valence-corrected chi connectivity index (χ1v) is 4.44. The van der Waals surface area contributed by atoms with Crippen LogP contribution < -0.4 is 4.74 Å². The minimum Gasteiger partial charge on any atom is -0.490 e. The zero-order valence-electron chi connectivity index (χ0n) is 8.93. The molecule has 0 saturated carbocycles. The molecular weight excluding hydrogens is 214 g/mol. The molecule has 0 atom stereocenters. The van der Waals surface area contributed by atoms with Crippen LogP contribution in [0.2, 0.25) is 0 Å². The Morgan fingerprint density at radius 1 is 1.44 bits per heavy atom. The summed E-state index contributed by atoms with van der Waals surface area (Å²) in [6.45, 7) is -0.108. The summed E-state index contributed by atoms with van der Waals surface area (Å²) in [5.74, 6) is -0.188. The van der Waals surface area contributed by atoms with Crippen molar-refractivity contribution >= 4 is 11.5 Å². The van der Waals surface area contributed by atoms with Gasteiger partial charge in [-0.15, -0.1) is 0 Å². The Hall–Kier alpha value is -1.95. The Bertz CT molecular complexity index is 416. The molecule has 0 radical (unpaired) electrons. The van der Waals surface area contributed by atoms with Gasteiger partial charge in [-0.2, -0.15) is 0 Å². The second-order valence-corrected chi connectivity index (χ2v) is 3.00. The van der Waals surface area contributed by atoms with Crippen molar-refractivity contribution in [2.75, 3.05) is 20.8 Å². The van der Waals surface area contributed by atoms with Crippen LogP contribution in [0.5, 0.6) is 5.75 Å². The van der Waals surface area contributed by atoms with E-state index >= 15 is 0 Å². The van der Waals surface area contributed by atoms with Crippen molar-refractivity contribution in [2.24, 2.45) is 0 Å². The van der Waals surface area contributed by atoms with E-state index in [0.29, 0.717) is 0 Å². The largest absolute Gasteiger partial charge is 0.490 e. The number of methoxy groups -OCH3 is 2. The van der Waals surface area contributed by atoms with E-state index in [4.69, 9.17) is 4.74 Å². The zero-order chi connectivity index (χ0) is 12.1. The summed E-state index contributed by atoms with van der Waals surface area (Å²) < 4.78 is 9.48. The summed E-state index contributed by atoms with van der Waals surface area (Å²) in [7, 11) is 2.72. The maximum Gasteiger partial charge on any atom is 0.311 e. The van der Waals surface area contributed by atoms with E-state index in [1.54, 1.807) is 0 Å². The highest BCUT2D eigenvalue weighted by molar-refractivity contribution is 5.97. The highest BCUT2D eigenvalue weighted by atomic mass is 16.6. The lowest BCUT2D eigenvalue weighted by molar-refractivity contribution is -0.385. The lowest BCUT2D eigenvalue weighted by Crippen LogP contribution is -2.07. The Morgan fingerprint density at radius 3 is 2.62 bits per heavy atom. The molecule has 0 bridgehead atoms. The van der Waals surface area contributed by atoms with Gasteiger partial charge in [0.15, 0.2) is 11.5 Å². The van der Waals surface area contributed by atoms with E-state index in [1.165, 1.54) is 32.4 Å². The van der Waals surface area contributed by atoms with E-state index in [-0.39, 0.29) is 29.4 Å². The Labute approximate surface area is 91.9 Å². The van der Waals surface area contributed by atoms with E-state index in [2.05, 4.69) is 4.74 Å². The number of hydrogen-bond acceptors (Lipinski definition) is 5. The molecule has 6 heteroatoms. The Morgan fingerprint density at radius 2 is 2.12 bits per heavy atom. The van der Waals surface area contributed by atoms with Crippen molar-refractivity contribution in [2.45, 2.75) is 0 Å². The van der Waals surface area contributed by atoms with Crippen molar-refractivity contribution in [3.05, 3.63) is 33.9 Å². The van der Waals surface area contributed by atoms with Crippen molar-refractivity contribution in [1.29, 1.82) is 0 Å². The smallest absolute Gasteiger partial charge is 0.311 e. The number of Topliss-reactive ketones (excluding diaryl/α,β-unsaturated/α-hetero) is 1. The van der Waals surface area contributed by atoms with Gasteiger partial charge >= 0.3 is 5.69 Å². The number of nitro groups is 1. The molecule has 1 aromatic rings. The fourth-order valence-corrected chi connectivity index (χ4v) is 1.22. The molecule has 86 valence electrons. The summed E-state index contributed by atoms with van der Waals surface area (Å²) in [5.41, 5.74) is -0.00111. The van der Waals surface area contributed by atoms with Crippen molar-refractivity contribution in [3.63, 3.8) is 0 Å². The third kappa shape index (κ3) is 2.54. The molecule has 0 amide bonds. The molecule has 1 aromatic carbocycles. The predicted octanol–water partition coefficient (Wildman–Crippen LogP) is 1.43. The summed E-state index contributed by atoms with van der Waals surface area (Å²) in [6, 6.07) is 4.04. The van der Waals surface area contributed by atoms with Gasteiger partial charge in [0.1, 0.15) is 6.61 Å². The summed E-state index contributed by atoms with van der Waals surface area (Å²) in [4.78, 5) is 21.5. The second kappa shape index (κ2) is 5.22. The van der Waals surface area contributed by atoms with Crippen LogP contribution in [0.3, 0.4) is 0 Å². The first-order valence-electron chi connectivity index (χ1n) is 4.44. The molecule has 1 rings (SSSR count). The number of rotatable bonds is 5. The van der Waals surface area contributed by atoms with Gasteiger partial charge in [0.05, 0.1) is 12.0 Å². The van der Waals surface area contributed by atoms with Crippen molar-refractivity contribution in [3.8, 4) is 5.75 Å². The van der Waals surface area contributed by atoms with Gasteiger partial charge in [-0.05, 0) is 12.1 Å². The normalized spacial score (nSPS) is 9.88. The fraction of sp³-hybridized carbons (Fsp3) is 0.300. The Kier molecular flexibility index (Phi) is 3.96. The maximum atomic E-state index is 11.4. The van der Waals surface area contributed by atoms with Crippen LogP contribution in [0.1, 0.15) is 10.4 Å². The highest BCUT2D eigenvalue weighted by Gasteiger charge is 2.17. The third-order valence-corrected chi connectivity index (χ3v) is 1.97. The van der Waals surface area contributed by atoms with Gasteiger partial charge in [0.25, 0.3) is 0 Å². The molecule has 0 spiro atoms. The first kappa shape index (κ1) is 12.1. The van der Waals surface area contributed by atoms with Crippen molar-refractivity contribution < 1.29 is 19.2 Å². The van der Waals surface area contributed by atoms with Gasteiger partial charge in [0, 0.05) is 18.7 Å². The molecule has 0 fully saturated rings. The molecule has 0 saturated heterocycles. The molecule has 0 aliphatic carbocycles. The first-order chi connectivity index (χ1) is 7.60. The van der Waals surface area contributed by atoms with Gasteiger partial charge < -0.3 is 9.47 Å². The molecule has 0 aliphatic heterocycles. The molecule has 0 aromatic heterocycles. The fourth-order valence-electron chi connectivity index (χ4n) is 1.22. The standard InChI is InChI=1S/C10H11NO5/c1-15-6-9(12)7-3-4-10(16-2)8(5-7)11(13)14/h3-5H,6H2,1-2H3. The second-order valence-electron chi connectivity index (χ2n) is 3.00. The van der Waals surface area contributed by atoms with Crippen LogP contribution in [0.4, 0.5) is 5.69 Å². The number of benzene rings is 1. The summed E-state index contributed by atoms with van der Waals surface area (Å²) >= 11 is 0. The number of carbonyl (C=O) groups is 1. The molecule has 0 N–H and O–H groups in total. The zero-order valence-corrected chi connectivity index (χ0v) is 8.93. The summed E-state index contributed by atoms with van der Waals surface area (Å²) in [6.07, 6.45) is 0. The quantitative estimate of drug-likeness (QED) is 0.430. The number of nitro benzene ring substituents is 1. The number of carbonyl (C=O) groups excluding carboxylic acids is 1. The number of nitrogens with zero attached hydrogens (tertiary/aromatic N) is 1. The highest BCUT2D eigenvalue weighted by Crippen LogP contribution is 2.27. The van der Waals surface area contributed by atoms with Crippen molar-refractivity contribution in [1.82, 2.24) is 0 Å². The number of ketones is 1. The monoisotopic (exact) mass is 225 g/mol. The van der Waals surface area contributed by atoms with Gasteiger partial charge in [0.2, 0.25) is 0 Å². The SMILES string of the molecule is COCC(=O)c1ccc(OC)c([N+](=O)[O-])c1. The molecule has 0 unspecified atom stereocenters. The molecule has 16 heavy (non-hydrogen) atoms. The van der Waals surface area contributed by atoms with Crippen LogP contribution in [-0.2, 0) is 4.74 Å². The van der Waals surface area contributed by atoms with Crippen LogP contribution in [0.25, 0.3) is 0 Å². The van der Waals surface area contributed by atoms with Crippen LogP contribution in [0, 0.1) is 10.1 Å². The molecule has 0 aliphatic rings. The molecule has 0 heterocycles. The van der Waals surface area contributed by atoms with E-state index in [0.717, 1.165) is 0 Å². The minimum atomic E-state index is -0.595. The third-order valence-electron chi connectivity index (χ3n) is 1.97. The van der Waals surface area contributed by atoms with Crippen LogP contribution in [-0.4, -0.2) is 31.5 Å². The average molecular weight is 225 g/mol.